The third-order valence-electron chi connectivity index (χ3n) is 2.92. The van der Waals surface area contributed by atoms with Gasteiger partial charge in [0.15, 0.2) is 0 Å². The van der Waals surface area contributed by atoms with E-state index in [4.69, 9.17) is 4.74 Å². The van der Waals surface area contributed by atoms with Crippen LogP contribution in [0.15, 0.2) is 18.2 Å². The van der Waals surface area contributed by atoms with E-state index in [1.54, 1.807) is 0 Å². The molecule has 1 saturated carbocycles. The first-order valence-corrected chi connectivity index (χ1v) is 6.15. The zero-order chi connectivity index (χ0) is 12.1. The summed E-state index contributed by atoms with van der Waals surface area (Å²) in [7, 11) is 0. The average Bonchev–Trinajstić information content (AvgIpc) is 3.13. The normalized spacial score (nSPS) is 14.0. The van der Waals surface area contributed by atoms with Gasteiger partial charge in [-0.1, -0.05) is 24.1 Å². The van der Waals surface area contributed by atoms with Crippen LogP contribution in [-0.2, 0) is 6.54 Å². The van der Waals surface area contributed by atoms with Gasteiger partial charge in [0.25, 0.3) is 0 Å². The van der Waals surface area contributed by atoms with E-state index in [2.05, 4.69) is 42.3 Å². The lowest BCUT2D eigenvalue weighted by molar-refractivity contribution is 0.362. The van der Waals surface area contributed by atoms with Gasteiger partial charge in [0.1, 0.15) is 12.4 Å². The molecule has 0 spiro atoms. The summed E-state index contributed by atoms with van der Waals surface area (Å²) in [6, 6.07) is 7.00. The maximum Gasteiger partial charge on any atom is 0.149 e. The first kappa shape index (κ1) is 12.0. The molecular formula is C15H19NO. The zero-order valence-corrected chi connectivity index (χ0v) is 10.5. The Morgan fingerprint density at radius 1 is 1.41 bits per heavy atom. The molecule has 0 aliphatic heterocycles. The highest BCUT2D eigenvalue weighted by Gasteiger charge is 2.20. The summed E-state index contributed by atoms with van der Waals surface area (Å²) in [5.41, 5.74) is 2.41. The van der Waals surface area contributed by atoms with Gasteiger partial charge >= 0.3 is 0 Å². The Kier molecular flexibility index (Phi) is 4.06. The third kappa shape index (κ3) is 3.51. The molecule has 0 bridgehead atoms. The van der Waals surface area contributed by atoms with Gasteiger partial charge in [-0.25, -0.2) is 0 Å². The number of benzene rings is 1. The number of ether oxygens (including phenoxy) is 1. The van der Waals surface area contributed by atoms with Crippen molar-refractivity contribution in [3.63, 3.8) is 0 Å². The Balaban J connectivity index is 2.04. The number of rotatable bonds is 5. The Morgan fingerprint density at radius 2 is 2.24 bits per heavy atom. The van der Waals surface area contributed by atoms with Crippen molar-refractivity contribution < 1.29 is 4.74 Å². The molecule has 0 saturated heterocycles. The van der Waals surface area contributed by atoms with Crippen molar-refractivity contribution in [3.05, 3.63) is 29.3 Å². The Labute approximate surface area is 103 Å². The molecule has 1 N–H and O–H groups in total. The van der Waals surface area contributed by atoms with E-state index < -0.39 is 0 Å². The van der Waals surface area contributed by atoms with E-state index >= 15 is 0 Å². The van der Waals surface area contributed by atoms with Gasteiger partial charge in [0.05, 0.1) is 0 Å². The van der Waals surface area contributed by atoms with Gasteiger partial charge in [-0.05, 0) is 32.3 Å². The predicted molar refractivity (Wildman–Crippen MR) is 70.0 cm³/mol. The highest BCUT2D eigenvalue weighted by Crippen LogP contribution is 2.25. The van der Waals surface area contributed by atoms with Crippen molar-refractivity contribution in [2.75, 3.05) is 6.61 Å². The summed E-state index contributed by atoms with van der Waals surface area (Å²) in [5.74, 6) is 6.77. The first-order chi connectivity index (χ1) is 8.31. The van der Waals surface area contributed by atoms with Gasteiger partial charge in [0.2, 0.25) is 0 Å². The Bertz CT molecular complexity index is 438. The van der Waals surface area contributed by atoms with Gasteiger partial charge in [-0.15, -0.1) is 5.92 Å². The minimum atomic E-state index is 0.470. The van der Waals surface area contributed by atoms with Crippen molar-refractivity contribution in [2.24, 2.45) is 0 Å². The second kappa shape index (κ2) is 5.75. The molecule has 0 atom stereocenters. The highest BCUT2D eigenvalue weighted by molar-refractivity contribution is 5.41. The van der Waals surface area contributed by atoms with Gasteiger partial charge < -0.3 is 10.1 Å². The van der Waals surface area contributed by atoms with Crippen molar-refractivity contribution in [1.82, 2.24) is 5.32 Å². The minimum absolute atomic E-state index is 0.470. The Hall–Kier alpha value is -1.46. The average molecular weight is 229 g/mol. The number of hydrogen-bond donors (Lipinski definition) is 1. The van der Waals surface area contributed by atoms with Crippen LogP contribution in [0, 0.1) is 18.8 Å². The molecule has 0 radical (unpaired) electrons. The molecule has 1 aliphatic rings. The van der Waals surface area contributed by atoms with Crippen molar-refractivity contribution in [3.8, 4) is 17.6 Å². The van der Waals surface area contributed by atoms with E-state index in [0.29, 0.717) is 6.61 Å². The molecule has 17 heavy (non-hydrogen) atoms. The van der Waals surface area contributed by atoms with Gasteiger partial charge in [0, 0.05) is 18.2 Å². The van der Waals surface area contributed by atoms with Crippen LogP contribution in [0.3, 0.4) is 0 Å². The van der Waals surface area contributed by atoms with Crippen LogP contribution < -0.4 is 10.1 Å². The maximum atomic E-state index is 5.75. The van der Waals surface area contributed by atoms with E-state index in [0.717, 1.165) is 18.3 Å². The third-order valence-corrected chi connectivity index (χ3v) is 2.92. The molecule has 2 heteroatoms. The summed E-state index contributed by atoms with van der Waals surface area (Å²) < 4.78 is 5.75. The van der Waals surface area contributed by atoms with Crippen LogP contribution in [0.2, 0.25) is 0 Å². The van der Waals surface area contributed by atoms with Crippen LogP contribution in [0.25, 0.3) is 0 Å². The quantitative estimate of drug-likeness (QED) is 0.784. The molecule has 2 nitrogen and oxygen atoms in total. The van der Waals surface area contributed by atoms with Crippen LogP contribution in [0.1, 0.15) is 30.9 Å². The second-order valence-corrected chi connectivity index (χ2v) is 4.43. The lowest BCUT2D eigenvalue weighted by Gasteiger charge is -2.13. The molecule has 1 fully saturated rings. The van der Waals surface area contributed by atoms with Crippen molar-refractivity contribution >= 4 is 0 Å². The fourth-order valence-electron chi connectivity index (χ4n) is 1.78. The number of nitrogens with one attached hydrogen (secondary N) is 1. The van der Waals surface area contributed by atoms with Crippen LogP contribution in [0.4, 0.5) is 0 Å². The molecule has 0 aromatic heterocycles. The van der Waals surface area contributed by atoms with Crippen molar-refractivity contribution in [1.29, 1.82) is 0 Å². The van der Waals surface area contributed by atoms with Crippen LogP contribution in [0.5, 0.6) is 5.75 Å². The Morgan fingerprint density at radius 3 is 2.94 bits per heavy atom. The molecule has 0 unspecified atom stereocenters. The number of aryl methyl sites for hydroxylation is 1. The minimum Gasteiger partial charge on any atom is -0.480 e. The standard InChI is InChI=1S/C15H19NO/c1-3-4-10-17-15-12(2)6-5-7-13(15)11-16-14-8-9-14/h5-7,14,16H,8-11H2,1-2H3. The van der Waals surface area contributed by atoms with E-state index in [9.17, 15) is 0 Å². The summed E-state index contributed by atoms with van der Waals surface area (Å²) in [4.78, 5) is 0. The fourth-order valence-corrected chi connectivity index (χ4v) is 1.78. The van der Waals surface area contributed by atoms with E-state index in [-0.39, 0.29) is 0 Å². The predicted octanol–water partition coefficient (Wildman–Crippen LogP) is 2.65. The molecule has 0 heterocycles. The number of para-hydroxylation sites is 1. The lowest BCUT2D eigenvalue weighted by Crippen LogP contribution is -2.16. The first-order valence-electron chi connectivity index (χ1n) is 6.15. The molecule has 0 amide bonds. The summed E-state index contributed by atoms with van der Waals surface area (Å²) in [5, 5.41) is 3.51. The molecule has 90 valence electrons. The molecule has 1 aromatic carbocycles. The fraction of sp³-hybridized carbons (Fsp3) is 0.467. The molecule has 1 aliphatic carbocycles. The van der Waals surface area contributed by atoms with Gasteiger partial charge in [-0.2, -0.15) is 0 Å². The summed E-state index contributed by atoms with van der Waals surface area (Å²) in [6.07, 6.45) is 2.62. The molecular weight excluding hydrogens is 210 g/mol. The summed E-state index contributed by atoms with van der Waals surface area (Å²) >= 11 is 0. The van der Waals surface area contributed by atoms with Crippen LogP contribution in [-0.4, -0.2) is 12.6 Å². The molecule has 2 rings (SSSR count). The topological polar surface area (TPSA) is 21.3 Å². The van der Waals surface area contributed by atoms with Crippen LogP contribution >= 0.6 is 0 Å². The zero-order valence-electron chi connectivity index (χ0n) is 10.5. The van der Waals surface area contributed by atoms with Crippen molar-refractivity contribution in [2.45, 2.75) is 39.3 Å². The number of hydrogen-bond acceptors (Lipinski definition) is 2. The largest absolute Gasteiger partial charge is 0.480 e. The second-order valence-electron chi connectivity index (χ2n) is 4.43. The monoisotopic (exact) mass is 229 g/mol. The lowest BCUT2D eigenvalue weighted by atomic mass is 10.1. The maximum absolute atomic E-state index is 5.75. The SMILES string of the molecule is CC#CCOc1c(C)cccc1CNC1CC1. The van der Waals surface area contributed by atoms with E-state index in [1.807, 2.05) is 6.92 Å². The smallest absolute Gasteiger partial charge is 0.149 e. The van der Waals surface area contributed by atoms with Gasteiger partial charge in [-0.3, -0.25) is 0 Å². The molecule has 1 aromatic rings. The highest BCUT2D eigenvalue weighted by atomic mass is 16.5. The van der Waals surface area contributed by atoms with E-state index in [1.165, 1.54) is 24.0 Å². The summed E-state index contributed by atoms with van der Waals surface area (Å²) in [6.45, 7) is 5.27.